The molecule has 126 valence electrons. The molecule has 1 aliphatic rings. The molecule has 1 amide bonds. The standard InChI is InChI=1S/C17H21Cl2NO3/c1-15(2,3)11-5-7-12(8-6-11)20-13(21)9-23-14(22)16(4)10-17(16,18)19/h5-8H,9-10H2,1-4H3,(H,20,21)/t16-/m1/s1. The highest BCUT2D eigenvalue weighted by molar-refractivity contribution is 6.53. The Labute approximate surface area is 146 Å². The molecule has 1 aliphatic carbocycles. The summed E-state index contributed by atoms with van der Waals surface area (Å²) in [6, 6.07) is 7.57. The fraction of sp³-hybridized carbons (Fsp3) is 0.529. The molecule has 2 rings (SSSR count). The van der Waals surface area contributed by atoms with Crippen molar-refractivity contribution in [3.8, 4) is 0 Å². The van der Waals surface area contributed by atoms with E-state index in [1.54, 1.807) is 6.92 Å². The molecule has 0 heterocycles. The quantitative estimate of drug-likeness (QED) is 0.653. The lowest BCUT2D eigenvalue weighted by atomic mass is 9.87. The average molecular weight is 358 g/mol. The number of rotatable bonds is 4. The maximum Gasteiger partial charge on any atom is 0.315 e. The lowest BCUT2D eigenvalue weighted by Gasteiger charge is -2.19. The number of hydrogen-bond acceptors (Lipinski definition) is 3. The first-order valence-corrected chi connectivity index (χ1v) is 8.17. The van der Waals surface area contributed by atoms with Gasteiger partial charge in [-0.15, -0.1) is 23.2 Å². The topological polar surface area (TPSA) is 55.4 Å². The maximum atomic E-state index is 11.9. The number of ether oxygens (including phenoxy) is 1. The number of halogens is 2. The first-order valence-electron chi connectivity index (χ1n) is 7.41. The normalized spacial score (nSPS) is 22.3. The molecule has 6 heteroatoms. The minimum atomic E-state index is -1.09. The number of amides is 1. The Morgan fingerprint density at radius 3 is 2.17 bits per heavy atom. The van der Waals surface area contributed by atoms with E-state index in [0.717, 1.165) is 0 Å². The van der Waals surface area contributed by atoms with Crippen molar-refractivity contribution in [1.82, 2.24) is 0 Å². The van der Waals surface area contributed by atoms with Crippen LogP contribution in [-0.4, -0.2) is 22.8 Å². The largest absolute Gasteiger partial charge is 0.455 e. The number of anilines is 1. The first-order chi connectivity index (χ1) is 10.5. The number of benzene rings is 1. The minimum absolute atomic E-state index is 0.0490. The van der Waals surface area contributed by atoms with Gasteiger partial charge in [-0.25, -0.2) is 0 Å². The minimum Gasteiger partial charge on any atom is -0.455 e. The van der Waals surface area contributed by atoms with Crippen LogP contribution in [0.15, 0.2) is 24.3 Å². The molecule has 0 radical (unpaired) electrons. The second kappa shape index (κ2) is 5.99. The van der Waals surface area contributed by atoms with Crippen LogP contribution in [0, 0.1) is 5.41 Å². The van der Waals surface area contributed by atoms with Crippen LogP contribution in [0.2, 0.25) is 0 Å². The van der Waals surface area contributed by atoms with Crippen LogP contribution in [0.1, 0.15) is 39.7 Å². The highest BCUT2D eigenvalue weighted by Crippen LogP contribution is 2.64. The fourth-order valence-corrected chi connectivity index (χ4v) is 2.85. The van der Waals surface area contributed by atoms with E-state index in [0.29, 0.717) is 12.1 Å². The van der Waals surface area contributed by atoms with Crippen LogP contribution in [0.5, 0.6) is 0 Å². The van der Waals surface area contributed by atoms with Gasteiger partial charge in [0.2, 0.25) is 0 Å². The van der Waals surface area contributed by atoms with Crippen LogP contribution in [0.25, 0.3) is 0 Å². The van der Waals surface area contributed by atoms with Gasteiger partial charge < -0.3 is 10.1 Å². The van der Waals surface area contributed by atoms with Gasteiger partial charge in [-0.05, 0) is 30.0 Å². The third kappa shape index (κ3) is 3.99. The zero-order valence-corrected chi connectivity index (χ0v) is 15.2. The Kier molecular flexibility index (Phi) is 4.71. The van der Waals surface area contributed by atoms with Crippen molar-refractivity contribution in [2.24, 2.45) is 5.41 Å². The molecule has 0 aliphatic heterocycles. The first kappa shape index (κ1) is 18.1. The number of carbonyl (C=O) groups excluding carboxylic acids is 2. The second-order valence-corrected chi connectivity index (χ2v) is 8.65. The molecule has 1 aromatic rings. The van der Waals surface area contributed by atoms with Crippen molar-refractivity contribution < 1.29 is 14.3 Å². The summed E-state index contributed by atoms with van der Waals surface area (Å²) in [4.78, 5) is 23.7. The summed E-state index contributed by atoms with van der Waals surface area (Å²) >= 11 is 11.8. The number of alkyl halides is 2. The molecule has 0 saturated heterocycles. The van der Waals surface area contributed by atoms with Crippen LogP contribution < -0.4 is 5.32 Å². The van der Waals surface area contributed by atoms with Gasteiger partial charge in [0, 0.05) is 12.1 Å². The van der Waals surface area contributed by atoms with Gasteiger partial charge >= 0.3 is 5.97 Å². The van der Waals surface area contributed by atoms with Gasteiger partial charge in [0.1, 0.15) is 9.75 Å². The molecule has 0 bridgehead atoms. The van der Waals surface area contributed by atoms with Crippen LogP contribution in [-0.2, 0) is 19.7 Å². The van der Waals surface area contributed by atoms with E-state index < -0.39 is 21.6 Å². The van der Waals surface area contributed by atoms with Gasteiger partial charge in [0.15, 0.2) is 6.61 Å². The highest BCUT2D eigenvalue weighted by atomic mass is 35.5. The molecular formula is C17H21Cl2NO3. The lowest BCUT2D eigenvalue weighted by Crippen LogP contribution is -2.26. The number of carbonyl (C=O) groups is 2. The van der Waals surface area contributed by atoms with Crippen LogP contribution in [0.4, 0.5) is 5.69 Å². The molecule has 1 fully saturated rings. The molecule has 4 nitrogen and oxygen atoms in total. The van der Waals surface area contributed by atoms with Gasteiger partial charge in [-0.2, -0.15) is 0 Å². The summed E-state index contributed by atoms with van der Waals surface area (Å²) in [5.41, 5.74) is 0.947. The molecule has 1 saturated carbocycles. The zero-order chi connectivity index (χ0) is 17.5. The smallest absolute Gasteiger partial charge is 0.315 e. The summed E-state index contributed by atoms with van der Waals surface area (Å²) in [6.07, 6.45) is 0.331. The van der Waals surface area contributed by atoms with Gasteiger partial charge in [-0.1, -0.05) is 32.9 Å². The van der Waals surface area contributed by atoms with E-state index in [2.05, 4.69) is 26.1 Å². The van der Waals surface area contributed by atoms with Crippen LogP contribution >= 0.6 is 23.2 Å². The summed E-state index contributed by atoms with van der Waals surface area (Å²) in [7, 11) is 0. The van der Waals surface area contributed by atoms with Crippen molar-refractivity contribution in [3.63, 3.8) is 0 Å². The Hall–Kier alpha value is -1.26. The van der Waals surface area contributed by atoms with E-state index in [9.17, 15) is 9.59 Å². The summed E-state index contributed by atoms with van der Waals surface area (Å²) in [6.45, 7) is 7.61. The Bertz CT molecular complexity index is 620. The van der Waals surface area contributed by atoms with E-state index in [4.69, 9.17) is 27.9 Å². The average Bonchev–Trinajstić information content (AvgIpc) is 2.96. The fourth-order valence-electron chi connectivity index (χ4n) is 2.16. The predicted octanol–water partition coefficient (Wildman–Crippen LogP) is 4.05. The molecule has 0 spiro atoms. The molecule has 1 aromatic carbocycles. The highest BCUT2D eigenvalue weighted by Gasteiger charge is 2.69. The van der Waals surface area contributed by atoms with Crippen molar-refractivity contribution in [3.05, 3.63) is 29.8 Å². The van der Waals surface area contributed by atoms with E-state index in [1.165, 1.54) is 5.56 Å². The molecular weight excluding hydrogens is 337 g/mol. The van der Waals surface area contributed by atoms with E-state index in [1.807, 2.05) is 24.3 Å². The van der Waals surface area contributed by atoms with Crippen molar-refractivity contribution in [2.45, 2.75) is 43.9 Å². The number of nitrogens with one attached hydrogen (secondary N) is 1. The molecule has 1 atom stereocenters. The van der Waals surface area contributed by atoms with E-state index >= 15 is 0 Å². The van der Waals surface area contributed by atoms with E-state index in [-0.39, 0.29) is 12.0 Å². The SMILES string of the molecule is CC(C)(C)c1ccc(NC(=O)COC(=O)[C@@]2(C)CC2(Cl)Cl)cc1. The monoisotopic (exact) mass is 357 g/mol. The van der Waals surface area contributed by atoms with Crippen molar-refractivity contribution >= 4 is 40.8 Å². The van der Waals surface area contributed by atoms with Crippen LogP contribution in [0.3, 0.4) is 0 Å². The summed E-state index contributed by atoms with van der Waals surface area (Å²) < 4.78 is 3.90. The Morgan fingerprint density at radius 2 is 1.74 bits per heavy atom. The predicted molar refractivity (Wildman–Crippen MR) is 91.9 cm³/mol. The van der Waals surface area contributed by atoms with Gasteiger partial charge in [0.25, 0.3) is 5.91 Å². The summed E-state index contributed by atoms with van der Waals surface area (Å²) in [5.74, 6) is -0.957. The third-order valence-electron chi connectivity index (χ3n) is 4.08. The molecule has 1 N–H and O–H groups in total. The second-order valence-electron chi connectivity index (χ2n) is 7.16. The zero-order valence-electron chi connectivity index (χ0n) is 13.7. The van der Waals surface area contributed by atoms with Crippen molar-refractivity contribution in [1.29, 1.82) is 0 Å². The molecule has 0 aromatic heterocycles. The van der Waals surface area contributed by atoms with Crippen molar-refractivity contribution in [2.75, 3.05) is 11.9 Å². The maximum absolute atomic E-state index is 11.9. The molecule has 0 unspecified atom stereocenters. The Balaban J connectivity index is 1.85. The number of hydrogen-bond donors (Lipinski definition) is 1. The summed E-state index contributed by atoms with van der Waals surface area (Å²) in [5, 5.41) is 2.69. The molecule has 23 heavy (non-hydrogen) atoms. The third-order valence-corrected chi connectivity index (χ3v) is 5.18. The number of esters is 1. The lowest BCUT2D eigenvalue weighted by molar-refractivity contribution is -0.152. The van der Waals surface area contributed by atoms with Gasteiger partial charge in [0.05, 0.1) is 0 Å². The Morgan fingerprint density at radius 1 is 1.22 bits per heavy atom. The van der Waals surface area contributed by atoms with Gasteiger partial charge in [-0.3, -0.25) is 9.59 Å².